The number of nitrogens with zero attached hydrogens (tertiary/aromatic N) is 4. The number of aliphatic hydroxyl groups excluding tert-OH is 1. The number of hydrogen-bond acceptors (Lipinski definition) is 13. The molecule has 0 bridgehead atoms. The van der Waals surface area contributed by atoms with Crippen molar-refractivity contribution in [3.8, 4) is 51.6 Å². The summed E-state index contributed by atoms with van der Waals surface area (Å²) in [5.74, 6) is 0.658. The third kappa shape index (κ3) is 8.53. The zero-order chi connectivity index (χ0) is 41.8. The van der Waals surface area contributed by atoms with Crippen molar-refractivity contribution in [1.29, 1.82) is 5.26 Å². The van der Waals surface area contributed by atoms with Gasteiger partial charge in [0, 0.05) is 59.2 Å². The Kier molecular flexibility index (Phi) is 11.8. The van der Waals surface area contributed by atoms with E-state index in [9.17, 15) is 18.7 Å². The van der Waals surface area contributed by atoms with Crippen molar-refractivity contribution in [2.24, 2.45) is 0 Å². The van der Waals surface area contributed by atoms with Crippen molar-refractivity contribution >= 4 is 28.2 Å². The van der Waals surface area contributed by atoms with Gasteiger partial charge in [0.05, 0.1) is 6.61 Å². The lowest BCUT2D eigenvalue weighted by atomic mass is 9.91. The molecule has 7 aromatic rings. The molecule has 8 rings (SSSR count). The molecule has 13 nitrogen and oxygen atoms in total. The first kappa shape index (κ1) is 40.1. The summed E-state index contributed by atoms with van der Waals surface area (Å²) < 4.78 is 55.9. The third-order valence-corrected chi connectivity index (χ3v) is 10.4. The second-order valence-corrected chi connectivity index (χ2v) is 14.3. The van der Waals surface area contributed by atoms with E-state index in [2.05, 4.69) is 15.6 Å². The number of pyridine rings is 1. The number of oxazole rings is 2. The van der Waals surface area contributed by atoms with Gasteiger partial charge in [0.2, 0.25) is 11.8 Å². The number of halogens is 2. The van der Waals surface area contributed by atoms with Gasteiger partial charge in [0.1, 0.15) is 53.6 Å². The van der Waals surface area contributed by atoms with Crippen LogP contribution in [0.5, 0.6) is 11.5 Å². The number of fused-ring (bicyclic) bond motifs is 2. The third-order valence-electron chi connectivity index (χ3n) is 10.4. The number of esters is 1. The fourth-order valence-electron chi connectivity index (χ4n) is 7.31. The molecule has 4 aromatic carbocycles. The van der Waals surface area contributed by atoms with E-state index < -0.39 is 18.6 Å². The Labute approximate surface area is 342 Å². The smallest absolute Gasteiger partial charge is 0.387 e. The summed E-state index contributed by atoms with van der Waals surface area (Å²) in [5.41, 5.74) is 9.04. The topological polar surface area (TPSA) is 178 Å². The number of nitrogens with one attached hydrogen (secondary N) is 2. The Morgan fingerprint density at radius 3 is 2.15 bits per heavy atom. The Morgan fingerprint density at radius 2 is 1.57 bits per heavy atom. The zero-order valence-electron chi connectivity index (χ0n) is 32.8. The quantitative estimate of drug-likeness (QED) is 0.0673. The first-order valence-electron chi connectivity index (χ1n) is 19.4. The van der Waals surface area contributed by atoms with Crippen LogP contribution in [0.3, 0.4) is 0 Å². The fourth-order valence-corrected chi connectivity index (χ4v) is 7.31. The van der Waals surface area contributed by atoms with Gasteiger partial charge in [-0.3, -0.25) is 4.79 Å². The predicted molar refractivity (Wildman–Crippen MR) is 217 cm³/mol. The van der Waals surface area contributed by atoms with Gasteiger partial charge in [-0.15, -0.1) is 0 Å². The normalized spacial score (nSPS) is 13.9. The molecule has 0 spiro atoms. The van der Waals surface area contributed by atoms with E-state index in [0.717, 1.165) is 45.4 Å². The summed E-state index contributed by atoms with van der Waals surface area (Å²) in [6.07, 6.45) is 3.10. The van der Waals surface area contributed by atoms with Crippen molar-refractivity contribution in [1.82, 2.24) is 25.6 Å². The van der Waals surface area contributed by atoms with Gasteiger partial charge in [-0.2, -0.15) is 14.0 Å². The minimum absolute atomic E-state index is 0.0184. The van der Waals surface area contributed by atoms with Crippen LogP contribution in [-0.2, 0) is 29.3 Å². The molecule has 0 saturated carbocycles. The van der Waals surface area contributed by atoms with Gasteiger partial charge in [-0.25, -0.2) is 15.0 Å². The van der Waals surface area contributed by atoms with Crippen LogP contribution in [-0.4, -0.2) is 58.4 Å². The van der Waals surface area contributed by atoms with Crippen molar-refractivity contribution in [2.45, 2.75) is 59.1 Å². The largest absolute Gasteiger partial charge is 0.488 e. The van der Waals surface area contributed by atoms with Gasteiger partial charge in [0.25, 0.3) is 0 Å². The number of carbonyl (C=O) groups is 1. The second kappa shape index (κ2) is 17.6. The Bertz CT molecular complexity index is 2720. The van der Waals surface area contributed by atoms with Crippen LogP contribution >= 0.6 is 0 Å². The molecule has 306 valence electrons. The van der Waals surface area contributed by atoms with Crippen molar-refractivity contribution < 1.29 is 41.7 Å². The molecule has 0 aliphatic carbocycles. The second-order valence-electron chi connectivity index (χ2n) is 14.3. The number of alkyl halides is 2. The monoisotopic (exact) mass is 814 g/mol. The van der Waals surface area contributed by atoms with Crippen LogP contribution in [0.1, 0.15) is 46.4 Å². The average Bonchev–Trinajstić information content (AvgIpc) is 4.03. The number of aromatic nitrogens is 3. The maximum absolute atomic E-state index is 13.5. The van der Waals surface area contributed by atoms with Crippen molar-refractivity contribution in [3.05, 3.63) is 113 Å². The Balaban J connectivity index is 1.09. The highest BCUT2D eigenvalue weighted by atomic mass is 19.3. The van der Waals surface area contributed by atoms with Gasteiger partial charge < -0.3 is 38.8 Å². The van der Waals surface area contributed by atoms with E-state index in [1.54, 1.807) is 30.5 Å². The van der Waals surface area contributed by atoms with Crippen LogP contribution in [0.4, 0.5) is 8.78 Å². The lowest BCUT2D eigenvalue weighted by molar-refractivity contribution is -0.147. The molecule has 1 aliphatic rings. The first-order valence-corrected chi connectivity index (χ1v) is 19.4. The zero-order valence-corrected chi connectivity index (χ0v) is 32.8. The van der Waals surface area contributed by atoms with E-state index in [0.29, 0.717) is 65.6 Å². The van der Waals surface area contributed by atoms with Crippen LogP contribution in [0.25, 0.3) is 56.2 Å². The number of nitriles is 1. The number of rotatable bonds is 15. The molecular weight excluding hydrogens is 775 g/mol. The Hall–Kier alpha value is -6.73. The lowest BCUT2D eigenvalue weighted by Crippen LogP contribution is -2.32. The minimum atomic E-state index is -3.10. The Morgan fingerprint density at radius 1 is 0.917 bits per heavy atom. The molecule has 1 saturated heterocycles. The maximum Gasteiger partial charge on any atom is 0.387 e. The summed E-state index contributed by atoms with van der Waals surface area (Å²) in [6, 6.07) is 23.3. The van der Waals surface area contributed by atoms with E-state index in [-0.39, 0.29) is 42.6 Å². The summed E-state index contributed by atoms with van der Waals surface area (Å²) in [4.78, 5) is 26.3. The van der Waals surface area contributed by atoms with Crippen LogP contribution in [0.15, 0.2) is 87.8 Å². The van der Waals surface area contributed by atoms with E-state index in [1.165, 1.54) is 6.07 Å². The predicted octanol–water partition coefficient (Wildman–Crippen LogP) is 7.91. The molecule has 1 aliphatic heterocycles. The van der Waals surface area contributed by atoms with Gasteiger partial charge in [-0.1, -0.05) is 30.3 Å². The molecule has 15 heteroatoms. The maximum atomic E-state index is 13.5. The van der Waals surface area contributed by atoms with Crippen LogP contribution < -0.4 is 20.1 Å². The molecule has 60 heavy (non-hydrogen) atoms. The highest BCUT2D eigenvalue weighted by molar-refractivity contribution is 5.85. The molecule has 0 radical (unpaired) electrons. The number of aliphatic hydroxyl groups is 1. The molecule has 0 amide bonds. The highest BCUT2D eigenvalue weighted by Crippen LogP contribution is 2.39. The van der Waals surface area contributed by atoms with Crippen molar-refractivity contribution in [3.63, 3.8) is 0 Å². The average molecular weight is 815 g/mol. The minimum Gasteiger partial charge on any atom is -0.488 e. The first-order chi connectivity index (χ1) is 29.2. The molecule has 1 atom stereocenters. The summed E-state index contributed by atoms with van der Waals surface area (Å²) in [6.45, 7) is 2.31. The van der Waals surface area contributed by atoms with Crippen molar-refractivity contribution in [2.75, 3.05) is 19.7 Å². The van der Waals surface area contributed by atoms with E-state index in [1.807, 2.05) is 62.4 Å². The molecule has 3 N–H and O–H groups in total. The summed E-state index contributed by atoms with van der Waals surface area (Å²) >= 11 is 0. The number of benzene rings is 4. The highest BCUT2D eigenvalue weighted by Gasteiger charge is 2.25. The molecule has 4 heterocycles. The van der Waals surface area contributed by atoms with Gasteiger partial charge in [-0.05, 0) is 85.8 Å². The van der Waals surface area contributed by atoms with Crippen LogP contribution in [0, 0.1) is 25.2 Å². The molecule has 3 aromatic heterocycles. The number of carbonyl (C=O) groups excluding carboxylic acids is 1. The molecule has 1 fully saturated rings. The number of hydrogen-bond donors (Lipinski definition) is 3. The van der Waals surface area contributed by atoms with Crippen LogP contribution in [0.2, 0.25) is 0 Å². The standard InChI is InChI=1S/C45H40F2N6O7/c1-25-31(6-3-8-33(25)42-52-36-16-28(22-49-14-15-54)38(18-40(36)58-42)56-23-27-11-12-30(20-48)51-21-27)32-7-4-9-34(26(32)2)43-53-37-17-29(24-57-44(55)35-10-5-13-50-35)39(60-45(46)47)19-41(37)59-43/h3-4,6-9,11-12,16-19,21,35,45,49-50,54H,5,10,13-15,22-24H2,1-2H3/t35-/m0/s1. The number of ether oxygens (including phenoxy) is 3. The van der Waals surface area contributed by atoms with E-state index in [4.69, 9.17) is 38.3 Å². The SMILES string of the molecule is Cc1c(-c2nc3cc(CNCCO)c(OCc4ccc(C#N)nc4)cc3o2)cccc1-c1cccc(-c2nc3cc(COC(=O)[C@@H]4CCCN4)c(OC(F)F)cc3o2)c1C. The molecular formula is C45H40F2N6O7. The van der Waals surface area contributed by atoms with Gasteiger partial charge >= 0.3 is 12.6 Å². The summed E-state index contributed by atoms with van der Waals surface area (Å²) in [7, 11) is 0. The fraction of sp³-hybridized carbons (Fsp3) is 0.267. The lowest BCUT2D eigenvalue weighted by Gasteiger charge is -2.14. The van der Waals surface area contributed by atoms with E-state index >= 15 is 0 Å². The molecule has 0 unspecified atom stereocenters. The summed E-state index contributed by atoms with van der Waals surface area (Å²) in [5, 5.41) is 24.7. The van der Waals surface area contributed by atoms with Gasteiger partial charge in [0.15, 0.2) is 11.2 Å².